The van der Waals surface area contributed by atoms with Gasteiger partial charge in [-0.2, -0.15) is 0 Å². The van der Waals surface area contributed by atoms with E-state index in [0.29, 0.717) is 29.1 Å². The van der Waals surface area contributed by atoms with Crippen molar-refractivity contribution in [1.82, 2.24) is 4.90 Å². The van der Waals surface area contributed by atoms with E-state index in [1.807, 2.05) is 39.0 Å². The number of carbonyl (C=O) groups excluding carboxylic acids is 1. The summed E-state index contributed by atoms with van der Waals surface area (Å²) in [6.07, 6.45) is 0.830. The first-order valence-corrected chi connectivity index (χ1v) is 8.28. The molecule has 1 aromatic rings. The molecule has 0 unspecified atom stereocenters. The Kier molecular flexibility index (Phi) is 5.32. The van der Waals surface area contributed by atoms with E-state index in [4.69, 9.17) is 8.53 Å². The maximum atomic E-state index is 12.1. The van der Waals surface area contributed by atoms with Crippen LogP contribution >= 0.6 is 0 Å². The molecule has 2 rings (SSSR count). The fourth-order valence-electron chi connectivity index (χ4n) is 2.77. The van der Waals surface area contributed by atoms with Crippen molar-refractivity contribution >= 4 is 22.7 Å². The fourth-order valence-corrected chi connectivity index (χ4v) is 3.43. The summed E-state index contributed by atoms with van der Waals surface area (Å²) >= 11 is 0.690. The predicted molar refractivity (Wildman–Crippen MR) is 84.7 cm³/mol. The average molecular weight is 305 g/mol. The summed E-state index contributed by atoms with van der Waals surface area (Å²) in [6, 6.07) is 10.3. The van der Waals surface area contributed by atoms with Crippen molar-refractivity contribution in [3.8, 4) is 0 Å². The molecule has 0 aromatic heterocycles. The molecule has 1 heterocycles. The molecule has 1 aliphatic rings. The number of likely N-dealkylation sites (tertiary alicyclic amines) is 1. The van der Waals surface area contributed by atoms with Gasteiger partial charge in [0, 0.05) is 19.0 Å². The summed E-state index contributed by atoms with van der Waals surface area (Å²) in [5.41, 5.74) is 0.755. The van der Waals surface area contributed by atoms with Gasteiger partial charge in [0.25, 0.3) is 0 Å². The smallest absolute Gasteiger partial charge is 0.410 e. The van der Waals surface area contributed by atoms with Crippen molar-refractivity contribution in [3.63, 3.8) is 0 Å². The fraction of sp³-hybridized carbons (Fsp3) is 0.562. The largest absolute Gasteiger partial charge is 0.500 e. The van der Waals surface area contributed by atoms with E-state index in [9.17, 15) is 4.79 Å². The van der Waals surface area contributed by atoms with Gasteiger partial charge in [0.15, 0.2) is 0 Å². The molecule has 0 bridgehead atoms. The maximum absolute atomic E-state index is 12.1. The second kappa shape index (κ2) is 6.83. The van der Waals surface area contributed by atoms with E-state index in [1.54, 1.807) is 4.90 Å². The summed E-state index contributed by atoms with van der Waals surface area (Å²) in [6.45, 7) is 7.13. The molecule has 4 nitrogen and oxygen atoms in total. The van der Waals surface area contributed by atoms with Crippen molar-refractivity contribution in [2.24, 2.45) is 5.92 Å². The second-order valence-electron chi connectivity index (χ2n) is 6.54. The first-order chi connectivity index (χ1) is 9.90. The lowest BCUT2D eigenvalue weighted by atomic mass is 9.95. The van der Waals surface area contributed by atoms with E-state index in [2.05, 4.69) is 12.1 Å². The molecule has 0 saturated carbocycles. The van der Waals surface area contributed by atoms with Gasteiger partial charge in [-0.3, -0.25) is 0 Å². The standard InChI is InChI=1S/C16H22NO3.Al.2H/c1-16(2,3)20-15(19)17-10-9-13(11-17)14(18)12-7-5-4-6-8-12;;;/h4-8,13-14H,9-11H2,1-3H3;;;/q-1;+1;;/t13-,14-;;;/m0.../s1. The Bertz CT molecular complexity index is 472. The molecule has 1 aliphatic heterocycles. The van der Waals surface area contributed by atoms with Crippen molar-refractivity contribution < 1.29 is 13.3 Å². The minimum Gasteiger partial charge on any atom is -0.500 e. The number of hydrogen-bond acceptors (Lipinski definition) is 3. The van der Waals surface area contributed by atoms with Crippen molar-refractivity contribution in [3.05, 3.63) is 35.9 Å². The van der Waals surface area contributed by atoms with Gasteiger partial charge in [0.05, 0.1) is 6.10 Å². The normalized spacial score (nSPS) is 20.3. The lowest BCUT2D eigenvalue weighted by molar-refractivity contribution is 0.0275. The van der Waals surface area contributed by atoms with E-state index in [0.717, 1.165) is 13.0 Å². The van der Waals surface area contributed by atoms with Crippen LogP contribution in [0, 0.1) is 5.92 Å². The van der Waals surface area contributed by atoms with E-state index in [1.165, 1.54) is 5.56 Å². The quantitative estimate of drug-likeness (QED) is 0.806. The van der Waals surface area contributed by atoms with Gasteiger partial charge in [0.2, 0.25) is 0 Å². The molecule has 0 radical (unpaired) electrons. The molecular formula is C16H24AlNO3. The number of ether oxygens (including phenoxy) is 1. The van der Waals surface area contributed by atoms with Crippen LogP contribution in [-0.2, 0) is 8.53 Å². The molecule has 0 spiro atoms. The molecule has 1 fully saturated rings. The minimum absolute atomic E-state index is 0.0882. The van der Waals surface area contributed by atoms with Crippen LogP contribution < -0.4 is 0 Å². The van der Waals surface area contributed by atoms with Crippen LogP contribution in [0.4, 0.5) is 4.79 Å². The van der Waals surface area contributed by atoms with Gasteiger partial charge in [0.1, 0.15) is 5.60 Å². The number of amides is 1. The van der Waals surface area contributed by atoms with Crippen LogP contribution in [0.5, 0.6) is 0 Å². The first-order valence-electron chi connectivity index (χ1n) is 7.46. The van der Waals surface area contributed by atoms with Gasteiger partial charge in [-0.1, -0.05) is 30.3 Å². The van der Waals surface area contributed by atoms with Crippen LogP contribution in [0.15, 0.2) is 30.3 Å². The molecule has 114 valence electrons. The number of carbonyl (C=O) groups is 1. The Hall–Kier alpha value is -1.02. The molecule has 1 aromatic carbocycles. The van der Waals surface area contributed by atoms with Crippen LogP contribution in [0.2, 0.25) is 0 Å². The van der Waals surface area contributed by atoms with Crippen molar-refractivity contribution in [2.75, 3.05) is 13.1 Å². The molecule has 1 amide bonds. The summed E-state index contributed by atoms with van der Waals surface area (Å²) in [5, 5.41) is 0. The SMILES string of the molecule is CC(C)(C)OC(=O)N1CC[C@H]([C@@H]([O][AlH2])c2ccccc2)C1. The summed E-state index contributed by atoms with van der Waals surface area (Å²) < 4.78 is 11.3. The van der Waals surface area contributed by atoms with Gasteiger partial charge in [-0.05, 0) is 32.8 Å². The summed E-state index contributed by atoms with van der Waals surface area (Å²) in [5.74, 6) is 0.345. The highest BCUT2D eigenvalue weighted by molar-refractivity contribution is 5.98. The molecule has 5 heteroatoms. The van der Waals surface area contributed by atoms with Crippen LogP contribution in [0.3, 0.4) is 0 Å². The highest BCUT2D eigenvalue weighted by Crippen LogP contribution is 2.32. The third kappa shape index (κ3) is 4.47. The predicted octanol–water partition coefficient (Wildman–Crippen LogP) is 2.55. The second-order valence-corrected chi connectivity index (χ2v) is 7.01. The zero-order valence-electron chi connectivity index (χ0n) is 13.3. The lowest BCUT2D eigenvalue weighted by Crippen LogP contribution is -2.35. The van der Waals surface area contributed by atoms with Crippen molar-refractivity contribution in [1.29, 1.82) is 0 Å². The summed E-state index contributed by atoms with van der Waals surface area (Å²) in [4.78, 5) is 13.9. The molecule has 0 aliphatic carbocycles. The van der Waals surface area contributed by atoms with Crippen LogP contribution in [0.25, 0.3) is 0 Å². The Morgan fingerprint density at radius 2 is 2.00 bits per heavy atom. The van der Waals surface area contributed by atoms with E-state index >= 15 is 0 Å². The Balaban J connectivity index is 1.99. The van der Waals surface area contributed by atoms with Crippen LogP contribution in [-0.4, -0.2) is 46.3 Å². The molecule has 0 N–H and O–H groups in total. The zero-order chi connectivity index (χ0) is 15.5. The van der Waals surface area contributed by atoms with Crippen molar-refractivity contribution in [2.45, 2.75) is 38.9 Å². The third-order valence-corrected chi connectivity index (χ3v) is 4.19. The van der Waals surface area contributed by atoms with E-state index in [-0.39, 0.29) is 12.2 Å². The number of benzene rings is 1. The summed E-state index contributed by atoms with van der Waals surface area (Å²) in [7, 11) is 0. The van der Waals surface area contributed by atoms with E-state index < -0.39 is 5.60 Å². The topological polar surface area (TPSA) is 38.8 Å². The highest BCUT2D eigenvalue weighted by Gasteiger charge is 2.34. The zero-order valence-corrected chi connectivity index (χ0v) is 15.3. The molecule has 2 atom stereocenters. The lowest BCUT2D eigenvalue weighted by Gasteiger charge is -2.26. The molecule has 21 heavy (non-hydrogen) atoms. The Morgan fingerprint density at radius 3 is 2.57 bits per heavy atom. The monoisotopic (exact) mass is 305 g/mol. The number of hydrogen-bond donors (Lipinski definition) is 0. The van der Waals surface area contributed by atoms with Crippen LogP contribution in [0.1, 0.15) is 38.9 Å². The minimum atomic E-state index is -0.442. The maximum Gasteiger partial charge on any atom is 0.410 e. The first kappa shape index (κ1) is 16.4. The Morgan fingerprint density at radius 1 is 1.33 bits per heavy atom. The number of rotatable bonds is 3. The Labute approximate surface area is 135 Å². The number of nitrogens with zero attached hydrogens (tertiary/aromatic N) is 1. The molecular weight excluding hydrogens is 281 g/mol. The van der Waals surface area contributed by atoms with Gasteiger partial charge in [-0.25, -0.2) is 4.79 Å². The average Bonchev–Trinajstić information content (AvgIpc) is 2.89. The van der Waals surface area contributed by atoms with Gasteiger partial charge >= 0.3 is 22.7 Å². The van der Waals surface area contributed by atoms with Gasteiger partial charge < -0.3 is 13.4 Å². The van der Waals surface area contributed by atoms with Gasteiger partial charge in [-0.15, -0.1) is 0 Å². The third-order valence-electron chi connectivity index (χ3n) is 3.69. The molecule has 1 saturated heterocycles. The highest BCUT2D eigenvalue weighted by atomic mass is 27.1.